The normalized spacial score (nSPS) is 12.6. The Morgan fingerprint density at radius 3 is 2.35 bits per heavy atom. The first-order valence-electron chi connectivity index (χ1n) is 12.7. The van der Waals surface area contributed by atoms with Gasteiger partial charge in [0.15, 0.2) is 0 Å². The van der Waals surface area contributed by atoms with Crippen molar-refractivity contribution >= 4 is 40.4 Å². The van der Waals surface area contributed by atoms with Crippen LogP contribution in [0.4, 0.5) is 5.69 Å². The molecule has 2 aromatic carbocycles. The number of H-pyrrole nitrogens is 1. The zero-order valence-electron chi connectivity index (χ0n) is 22.5. The van der Waals surface area contributed by atoms with Gasteiger partial charge >= 0.3 is 5.97 Å². The molecule has 0 radical (unpaired) electrons. The molecular weight excluding hydrogens is 466 g/mol. The number of carbonyl (C=O) groups excluding carboxylic acids is 3. The van der Waals surface area contributed by atoms with Gasteiger partial charge in [-0.05, 0) is 72.7 Å². The Hall–Kier alpha value is -3.87. The van der Waals surface area contributed by atoms with Crippen LogP contribution in [-0.2, 0) is 19.7 Å². The number of carbonyl (C=O) groups is 3. The SMILES string of the molecule is CCOC(=O)/C=C/c1cc2cc(NC(=O)C(CC(C)C)NC(=O)c3ccc(C(C)(C)C)cc3)ccc2[nH]1. The summed E-state index contributed by atoms with van der Waals surface area (Å²) in [5, 5.41) is 6.73. The topological polar surface area (TPSA) is 100 Å². The van der Waals surface area contributed by atoms with Crippen molar-refractivity contribution in [1.29, 1.82) is 0 Å². The molecule has 1 unspecified atom stereocenters. The fourth-order valence-corrected chi connectivity index (χ4v) is 3.97. The Bertz CT molecular complexity index is 1280. The van der Waals surface area contributed by atoms with E-state index in [1.165, 1.54) is 6.08 Å². The maximum absolute atomic E-state index is 13.2. The van der Waals surface area contributed by atoms with Gasteiger partial charge in [0.2, 0.25) is 5.91 Å². The number of rotatable bonds is 9. The lowest BCUT2D eigenvalue weighted by Crippen LogP contribution is -2.44. The van der Waals surface area contributed by atoms with Gasteiger partial charge in [-0.1, -0.05) is 46.8 Å². The smallest absolute Gasteiger partial charge is 0.330 e. The molecule has 2 amide bonds. The second-order valence-corrected chi connectivity index (χ2v) is 10.6. The summed E-state index contributed by atoms with van der Waals surface area (Å²) in [6, 6.07) is 14.2. The third-order valence-corrected chi connectivity index (χ3v) is 5.94. The van der Waals surface area contributed by atoms with E-state index in [0.29, 0.717) is 24.3 Å². The van der Waals surface area contributed by atoms with Gasteiger partial charge in [-0.25, -0.2) is 4.79 Å². The Morgan fingerprint density at radius 2 is 1.73 bits per heavy atom. The highest BCUT2D eigenvalue weighted by Crippen LogP contribution is 2.23. The van der Waals surface area contributed by atoms with Crippen LogP contribution in [0.25, 0.3) is 17.0 Å². The van der Waals surface area contributed by atoms with E-state index in [2.05, 4.69) is 36.4 Å². The number of aromatic nitrogens is 1. The summed E-state index contributed by atoms with van der Waals surface area (Å²) in [4.78, 5) is 40.9. The van der Waals surface area contributed by atoms with Crippen LogP contribution in [0.2, 0.25) is 0 Å². The molecule has 0 aliphatic rings. The summed E-state index contributed by atoms with van der Waals surface area (Å²) in [6.07, 6.45) is 3.53. The van der Waals surface area contributed by atoms with E-state index in [-0.39, 0.29) is 23.1 Å². The number of amides is 2. The number of hydrogen-bond acceptors (Lipinski definition) is 4. The van der Waals surface area contributed by atoms with E-state index in [1.807, 2.05) is 44.2 Å². The minimum absolute atomic E-state index is 0.00636. The van der Waals surface area contributed by atoms with Crippen molar-refractivity contribution in [2.24, 2.45) is 5.92 Å². The first-order valence-corrected chi connectivity index (χ1v) is 12.7. The van der Waals surface area contributed by atoms with Crippen molar-refractivity contribution in [2.45, 2.75) is 59.4 Å². The first-order chi connectivity index (χ1) is 17.5. The molecule has 1 atom stereocenters. The Labute approximate surface area is 218 Å². The van der Waals surface area contributed by atoms with Gasteiger partial charge in [0.05, 0.1) is 6.61 Å². The number of fused-ring (bicyclic) bond motifs is 1. The first kappa shape index (κ1) is 27.7. The van der Waals surface area contributed by atoms with Crippen molar-refractivity contribution in [2.75, 3.05) is 11.9 Å². The van der Waals surface area contributed by atoms with Crippen LogP contribution in [0.5, 0.6) is 0 Å². The zero-order chi connectivity index (χ0) is 27.2. The molecule has 1 aromatic heterocycles. The Morgan fingerprint density at radius 1 is 1.03 bits per heavy atom. The maximum atomic E-state index is 13.2. The zero-order valence-corrected chi connectivity index (χ0v) is 22.5. The lowest BCUT2D eigenvalue weighted by molar-refractivity contribution is -0.137. The van der Waals surface area contributed by atoms with E-state index in [4.69, 9.17) is 4.74 Å². The molecule has 0 saturated carbocycles. The lowest BCUT2D eigenvalue weighted by atomic mass is 9.86. The number of aromatic amines is 1. The van der Waals surface area contributed by atoms with Crippen molar-refractivity contribution in [3.05, 3.63) is 71.4 Å². The van der Waals surface area contributed by atoms with Crippen LogP contribution in [0.15, 0.2) is 54.6 Å². The number of hydrogen-bond donors (Lipinski definition) is 3. The van der Waals surface area contributed by atoms with E-state index in [0.717, 1.165) is 22.2 Å². The number of nitrogens with one attached hydrogen (secondary N) is 3. The van der Waals surface area contributed by atoms with Gasteiger partial charge in [0, 0.05) is 33.9 Å². The third-order valence-electron chi connectivity index (χ3n) is 5.94. The predicted molar refractivity (Wildman–Crippen MR) is 148 cm³/mol. The third kappa shape index (κ3) is 7.81. The fourth-order valence-electron chi connectivity index (χ4n) is 3.97. The number of benzene rings is 2. The fraction of sp³-hybridized carbons (Fsp3) is 0.367. The summed E-state index contributed by atoms with van der Waals surface area (Å²) in [5.41, 5.74) is 3.89. The molecule has 0 fully saturated rings. The standard InChI is InChI=1S/C30H37N3O4/c1-7-37-27(34)15-13-23-17-21-18-24(12-14-25(21)31-23)32-29(36)26(16-19(2)3)33-28(35)20-8-10-22(11-9-20)30(4,5)6/h8-15,17-19,26,31H,7,16H2,1-6H3,(H,32,36)(H,33,35)/b15-13+. The molecule has 0 spiro atoms. The van der Waals surface area contributed by atoms with Crippen LogP contribution >= 0.6 is 0 Å². The molecule has 3 N–H and O–H groups in total. The van der Waals surface area contributed by atoms with Crippen LogP contribution < -0.4 is 10.6 Å². The second-order valence-electron chi connectivity index (χ2n) is 10.6. The largest absolute Gasteiger partial charge is 0.463 e. The number of anilines is 1. The summed E-state index contributed by atoms with van der Waals surface area (Å²) in [7, 11) is 0. The molecule has 3 aromatic rings. The monoisotopic (exact) mass is 503 g/mol. The van der Waals surface area contributed by atoms with E-state index in [9.17, 15) is 14.4 Å². The predicted octanol–water partition coefficient (Wildman–Crippen LogP) is 5.82. The van der Waals surface area contributed by atoms with Gasteiger partial charge in [0.1, 0.15) is 6.04 Å². The number of esters is 1. The van der Waals surface area contributed by atoms with Crippen molar-refractivity contribution in [3.8, 4) is 0 Å². The summed E-state index contributed by atoms with van der Waals surface area (Å²) >= 11 is 0. The molecule has 0 saturated heterocycles. The average molecular weight is 504 g/mol. The van der Waals surface area contributed by atoms with Gasteiger partial charge < -0.3 is 20.4 Å². The van der Waals surface area contributed by atoms with Crippen molar-refractivity contribution in [3.63, 3.8) is 0 Å². The molecular formula is C30H37N3O4. The summed E-state index contributed by atoms with van der Waals surface area (Å²) < 4.78 is 4.91. The molecule has 3 rings (SSSR count). The molecule has 0 bridgehead atoms. The molecule has 196 valence electrons. The van der Waals surface area contributed by atoms with Crippen LogP contribution in [-0.4, -0.2) is 35.4 Å². The number of ether oxygens (including phenoxy) is 1. The molecule has 0 aliphatic heterocycles. The Balaban J connectivity index is 1.72. The average Bonchev–Trinajstić information content (AvgIpc) is 3.24. The molecule has 7 heteroatoms. The maximum Gasteiger partial charge on any atom is 0.330 e. The minimum Gasteiger partial charge on any atom is -0.463 e. The van der Waals surface area contributed by atoms with Gasteiger partial charge in [-0.3, -0.25) is 9.59 Å². The quantitative estimate of drug-likeness (QED) is 0.253. The Kier molecular flexibility index (Phi) is 8.92. The van der Waals surface area contributed by atoms with E-state index < -0.39 is 12.0 Å². The van der Waals surface area contributed by atoms with Crippen molar-refractivity contribution < 1.29 is 19.1 Å². The summed E-state index contributed by atoms with van der Waals surface area (Å²) in [6.45, 7) is 12.5. The molecule has 1 heterocycles. The highest BCUT2D eigenvalue weighted by molar-refractivity contribution is 6.02. The van der Waals surface area contributed by atoms with E-state index in [1.54, 1.807) is 31.2 Å². The van der Waals surface area contributed by atoms with Gasteiger partial charge in [-0.2, -0.15) is 0 Å². The molecule has 37 heavy (non-hydrogen) atoms. The lowest BCUT2D eigenvalue weighted by Gasteiger charge is -2.21. The highest BCUT2D eigenvalue weighted by atomic mass is 16.5. The van der Waals surface area contributed by atoms with E-state index >= 15 is 0 Å². The van der Waals surface area contributed by atoms with Crippen LogP contribution in [0, 0.1) is 5.92 Å². The summed E-state index contributed by atoms with van der Waals surface area (Å²) in [5.74, 6) is -0.747. The molecule has 0 aliphatic carbocycles. The minimum atomic E-state index is -0.681. The molecule has 7 nitrogen and oxygen atoms in total. The van der Waals surface area contributed by atoms with Gasteiger partial charge in [-0.15, -0.1) is 0 Å². The van der Waals surface area contributed by atoms with Gasteiger partial charge in [0.25, 0.3) is 5.91 Å². The highest BCUT2D eigenvalue weighted by Gasteiger charge is 2.23. The second kappa shape index (κ2) is 11.9. The van der Waals surface area contributed by atoms with Crippen LogP contribution in [0.1, 0.15) is 69.6 Å². The van der Waals surface area contributed by atoms with Crippen molar-refractivity contribution in [1.82, 2.24) is 10.3 Å². The van der Waals surface area contributed by atoms with Crippen LogP contribution in [0.3, 0.4) is 0 Å².